The van der Waals surface area contributed by atoms with Gasteiger partial charge < -0.3 is 4.98 Å². The SMILES string of the molecule is Cc1ccc2nc([C@@H]3CCCN(Cc4ncnn4CCF)C3)[nH]c2c1. The van der Waals surface area contributed by atoms with Gasteiger partial charge in [-0.2, -0.15) is 5.10 Å². The number of nitrogens with one attached hydrogen (secondary N) is 1. The van der Waals surface area contributed by atoms with Gasteiger partial charge in [-0.05, 0) is 44.0 Å². The molecule has 0 amide bonds. The zero-order valence-corrected chi connectivity index (χ0v) is 14.5. The van der Waals surface area contributed by atoms with E-state index in [1.54, 1.807) is 4.68 Å². The number of aromatic amines is 1. The highest BCUT2D eigenvalue weighted by molar-refractivity contribution is 5.75. The molecule has 3 aromatic rings. The summed E-state index contributed by atoms with van der Waals surface area (Å²) in [6.45, 7) is 4.61. The molecule has 0 saturated carbocycles. The van der Waals surface area contributed by atoms with Crippen molar-refractivity contribution in [2.75, 3.05) is 19.8 Å². The molecule has 1 N–H and O–H groups in total. The van der Waals surface area contributed by atoms with E-state index in [9.17, 15) is 4.39 Å². The molecule has 132 valence electrons. The Hall–Kier alpha value is -2.28. The Morgan fingerprint density at radius 2 is 2.28 bits per heavy atom. The first-order valence-electron chi connectivity index (χ1n) is 8.84. The van der Waals surface area contributed by atoms with Gasteiger partial charge >= 0.3 is 0 Å². The smallest absolute Gasteiger partial charge is 0.141 e. The fraction of sp³-hybridized carbons (Fsp3) is 0.500. The van der Waals surface area contributed by atoms with Crippen LogP contribution in [0.1, 0.15) is 36.0 Å². The van der Waals surface area contributed by atoms with E-state index in [4.69, 9.17) is 4.98 Å². The first-order chi connectivity index (χ1) is 12.2. The van der Waals surface area contributed by atoms with Crippen molar-refractivity contribution in [1.82, 2.24) is 29.6 Å². The monoisotopic (exact) mass is 342 g/mol. The van der Waals surface area contributed by atoms with Crippen molar-refractivity contribution in [2.45, 2.75) is 38.8 Å². The number of hydrogen-bond acceptors (Lipinski definition) is 4. The average molecular weight is 342 g/mol. The van der Waals surface area contributed by atoms with Crippen LogP contribution in [0.25, 0.3) is 11.0 Å². The molecule has 1 saturated heterocycles. The number of aromatic nitrogens is 5. The summed E-state index contributed by atoms with van der Waals surface area (Å²) < 4.78 is 14.3. The molecule has 3 heterocycles. The van der Waals surface area contributed by atoms with E-state index in [0.717, 1.165) is 48.6 Å². The number of imidazole rings is 1. The number of aryl methyl sites for hydroxylation is 2. The number of piperidine rings is 1. The van der Waals surface area contributed by atoms with Crippen LogP contribution in [0.3, 0.4) is 0 Å². The molecular weight excluding hydrogens is 319 g/mol. The van der Waals surface area contributed by atoms with E-state index >= 15 is 0 Å². The number of halogens is 1. The lowest BCUT2D eigenvalue weighted by molar-refractivity contribution is 0.189. The van der Waals surface area contributed by atoms with Gasteiger partial charge in [0.1, 0.15) is 24.7 Å². The van der Waals surface area contributed by atoms with Crippen LogP contribution in [0.15, 0.2) is 24.5 Å². The fourth-order valence-electron chi connectivity index (χ4n) is 3.64. The predicted molar refractivity (Wildman–Crippen MR) is 94.1 cm³/mol. The molecule has 0 aliphatic carbocycles. The van der Waals surface area contributed by atoms with Gasteiger partial charge in [-0.3, -0.25) is 4.90 Å². The van der Waals surface area contributed by atoms with E-state index in [2.05, 4.69) is 45.1 Å². The second-order valence-electron chi connectivity index (χ2n) is 6.81. The zero-order chi connectivity index (χ0) is 17.2. The summed E-state index contributed by atoms with van der Waals surface area (Å²) in [6.07, 6.45) is 3.76. The lowest BCUT2D eigenvalue weighted by Gasteiger charge is -2.31. The number of nitrogens with zero attached hydrogens (tertiary/aromatic N) is 5. The molecular formula is C18H23FN6. The number of hydrogen-bond donors (Lipinski definition) is 1. The van der Waals surface area contributed by atoms with Gasteiger partial charge in [0.2, 0.25) is 0 Å². The second-order valence-corrected chi connectivity index (χ2v) is 6.81. The molecule has 25 heavy (non-hydrogen) atoms. The Kier molecular flexibility index (Phi) is 4.48. The van der Waals surface area contributed by atoms with Gasteiger partial charge in [-0.15, -0.1) is 0 Å². The molecule has 0 bridgehead atoms. The standard InChI is InChI=1S/C18H23FN6/c1-13-4-5-15-16(9-13)23-18(22-15)14-3-2-7-24(10-14)11-17-20-12-21-25(17)8-6-19/h4-5,9,12,14H,2-3,6-8,10-11H2,1H3,(H,22,23)/t14-/m1/s1. The maximum absolute atomic E-state index is 12.6. The van der Waals surface area contributed by atoms with Gasteiger partial charge in [0, 0.05) is 12.5 Å². The fourth-order valence-corrected chi connectivity index (χ4v) is 3.64. The Balaban J connectivity index is 1.49. The van der Waals surface area contributed by atoms with Crippen LogP contribution in [-0.4, -0.2) is 49.4 Å². The normalized spacial score (nSPS) is 18.9. The Morgan fingerprint density at radius 3 is 3.16 bits per heavy atom. The molecule has 0 radical (unpaired) electrons. The average Bonchev–Trinajstić information content (AvgIpc) is 3.22. The van der Waals surface area contributed by atoms with Crippen molar-refractivity contribution in [3.8, 4) is 0 Å². The van der Waals surface area contributed by atoms with Crippen molar-refractivity contribution in [3.05, 3.63) is 41.7 Å². The number of likely N-dealkylation sites (tertiary alicyclic amines) is 1. The zero-order valence-electron chi connectivity index (χ0n) is 14.5. The third-order valence-corrected chi connectivity index (χ3v) is 4.90. The molecule has 1 aliphatic rings. The van der Waals surface area contributed by atoms with Crippen LogP contribution in [0.2, 0.25) is 0 Å². The molecule has 0 unspecified atom stereocenters. The van der Waals surface area contributed by atoms with Gasteiger partial charge in [0.15, 0.2) is 0 Å². The van der Waals surface area contributed by atoms with Crippen LogP contribution in [0.5, 0.6) is 0 Å². The maximum Gasteiger partial charge on any atom is 0.141 e. The largest absolute Gasteiger partial charge is 0.342 e. The number of alkyl halides is 1. The third kappa shape index (κ3) is 3.42. The molecule has 1 atom stereocenters. The second kappa shape index (κ2) is 6.92. The summed E-state index contributed by atoms with van der Waals surface area (Å²) in [5.41, 5.74) is 3.37. The Labute approximate surface area is 146 Å². The lowest BCUT2D eigenvalue weighted by Crippen LogP contribution is -2.35. The maximum atomic E-state index is 12.6. The quantitative estimate of drug-likeness (QED) is 0.774. The number of H-pyrrole nitrogens is 1. The van der Waals surface area contributed by atoms with E-state index < -0.39 is 6.67 Å². The van der Waals surface area contributed by atoms with E-state index in [-0.39, 0.29) is 6.54 Å². The van der Waals surface area contributed by atoms with Crippen LogP contribution >= 0.6 is 0 Å². The molecule has 7 heteroatoms. The number of benzene rings is 1. The molecule has 2 aromatic heterocycles. The van der Waals surface area contributed by atoms with Crippen LogP contribution in [0.4, 0.5) is 4.39 Å². The highest BCUT2D eigenvalue weighted by atomic mass is 19.1. The summed E-state index contributed by atoms with van der Waals surface area (Å²) in [4.78, 5) is 14.9. The van der Waals surface area contributed by atoms with Crippen LogP contribution in [-0.2, 0) is 13.1 Å². The number of fused-ring (bicyclic) bond motifs is 1. The molecule has 1 aliphatic heterocycles. The first kappa shape index (κ1) is 16.2. The van der Waals surface area contributed by atoms with Gasteiger partial charge in [0.25, 0.3) is 0 Å². The van der Waals surface area contributed by atoms with Crippen molar-refractivity contribution in [3.63, 3.8) is 0 Å². The van der Waals surface area contributed by atoms with E-state index in [1.165, 1.54) is 11.9 Å². The van der Waals surface area contributed by atoms with E-state index in [0.29, 0.717) is 12.5 Å². The number of rotatable bonds is 5. The lowest BCUT2D eigenvalue weighted by atomic mass is 9.97. The highest BCUT2D eigenvalue weighted by Gasteiger charge is 2.25. The van der Waals surface area contributed by atoms with Gasteiger partial charge in [-0.1, -0.05) is 6.07 Å². The predicted octanol–water partition coefficient (Wildman–Crippen LogP) is 2.81. The summed E-state index contributed by atoms with van der Waals surface area (Å²) in [5.74, 6) is 2.29. The van der Waals surface area contributed by atoms with Crippen LogP contribution < -0.4 is 0 Å². The van der Waals surface area contributed by atoms with Crippen LogP contribution in [0, 0.1) is 6.92 Å². The summed E-state index contributed by atoms with van der Waals surface area (Å²) in [6, 6.07) is 6.31. The first-order valence-corrected chi connectivity index (χ1v) is 8.84. The Morgan fingerprint density at radius 1 is 1.36 bits per heavy atom. The van der Waals surface area contributed by atoms with Crippen molar-refractivity contribution < 1.29 is 4.39 Å². The summed E-state index contributed by atoms with van der Waals surface area (Å²) >= 11 is 0. The molecule has 1 fully saturated rings. The topological polar surface area (TPSA) is 62.6 Å². The van der Waals surface area contributed by atoms with Gasteiger partial charge in [0.05, 0.1) is 24.1 Å². The van der Waals surface area contributed by atoms with E-state index in [1.807, 2.05) is 0 Å². The summed E-state index contributed by atoms with van der Waals surface area (Å²) in [5, 5.41) is 4.11. The minimum atomic E-state index is -0.419. The molecule has 0 spiro atoms. The van der Waals surface area contributed by atoms with Crippen molar-refractivity contribution >= 4 is 11.0 Å². The highest BCUT2D eigenvalue weighted by Crippen LogP contribution is 2.27. The van der Waals surface area contributed by atoms with Gasteiger partial charge in [-0.25, -0.2) is 19.0 Å². The molecule has 6 nitrogen and oxygen atoms in total. The summed E-state index contributed by atoms with van der Waals surface area (Å²) in [7, 11) is 0. The Bertz CT molecular complexity index is 854. The molecule has 1 aromatic carbocycles. The van der Waals surface area contributed by atoms with Crippen molar-refractivity contribution in [2.24, 2.45) is 0 Å². The van der Waals surface area contributed by atoms with Crippen molar-refractivity contribution in [1.29, 1.82) is 0 Å². The third-order valence-electron chi connectivity index (χ3n) is 4.90. The minimum Gasteiger partial charge on any atom is -0.342 e. The molecule has 4 rings (SSSR count). The minimum absolute atomic E-state index is 0.273.